The fourth-order valence-corrected chi connectivity index (χ4v) is 2.64. The molecule has 54 valence electrons. The van der Waals surface area contributed by atoms with Crippen LogP contribution in [0.2, 0.25) is 0 Å². The van der Waals surface area contributed by atoms with Crippen LogP contribution in [0.5, 0.6) is 0 Å². The standard InChI is InChI=1S/C7H14OS/c1-2-3-7-6(8)4-5-9-7/h6-8H,2-5H2,1H3/t6-,7-/m0/s1. The maximum atomic E-state index is 9.30. The van der Waals surface area contributed by atoms with Gasteiger partial charge in [-0.25, -0.2) is 0 Å². The van der Waals surface area contributed by atoms with Crippen molar-refractivity contribution in [3.63, 3.8) is 0 Å². The summed E-state index contributed by atoms with van der Waals surface area (Å²) < 4.78 is 0. The first-order chi connectivity index (χ1) is 4.34. The molecule has 1 rings (SSSR count). The summed E-state index contributed by atoms with van der Waals surface area (Å²) in [5.41, 5.74) is 0. The van der Waals surface area contributed by atoms with E-state index >= 15 is 0 Å². The van der Waals surface area contributed by atoms with Crippen LogP contribution in [-0.4, -0.2) is 22.2 Å². The van der Waals surface area contributed by atoms with Crippen LogP contribution in [0.3, 0.4) is 0 Å². The van der Waals surface area contributed by atoms with Crippen molar-refractivity contribution in [3.05, 3.63) is 0 Å². The van der Waals surface area contributed by atoms with Gasteiger partial charge in [0.05, 0.1) is 6.10 Å². The molecule has 0 aliphatic carbocycles. The molecule has 0 amide bonds. The van der Waals surface area contributed by atoms with Crippen LogP contribution in [0, 0.1) is 0 Å². The van der Waals surface area contributed by atoms with Crippen LogP contribution < -0.4 is 0 Å². The highest BCUT2D eigenvalue weighted by Gasteiger charge is 2.24. The molecule has 0 bridgehead atoms. The summed E-state index contributed by atoms with van der Waals surface area (Å²) in [7, 11) is 0. The van der Waals surface area contributed by atoms with Crippen LogP contribution in [0.25, 0.3) is 0 Å². The molecular formula is C7H14OS. The summed E-state index contributed by atoms with van der Waals surface area (Å²) in [4.78, 5) is 0. The van der Waals surface area contributed by atoms with E-state index in [1.165, 1.54) is 12.8 Å². The van der Waals surface area contributed by atoms with E-state index in [0.717, 1.165) is 12.2 Å². The third kappa shape index (κ3) is 1.87. The van der Waals surface area contributed by atoms with Gasteiger partial charge in [-0.1, -0.05) is 13.3 Å². The molecule has 1 fully saturated rings. The van der Waals surface area contributed by atoms with E-state index < -0.39 is 0 Å². The first kappa shape index (κ1) is 7.42. The molecule has 0 spiro atoms. The minimum Gasteiger partial charge on any atom is -0.392 e. The Morgan fingerprint density at radius 2 is 2.44 bits per heavy atom. The first-order valence-corrected chi connectivity index (χ1v) is 4.69. The number of aliphatic hydroxyl groups excluding tert-OH is 1. The van der Waals surface area contributed by atoms with Crippen molar-refractivity contribution in [2.45, 2.75) is 37.5 Å². The Kier molecular flexibility index (Phi) is 2.86. The highest BCUT2D eigenvalue weighted by atomic mass is 32.2. The van der Waals surface area contributed by atoms with Gasteiger partial charge < -0.3 is 5.11 Å². The van der Waals surface area contributed by atoms with Crippen LogP contribution >= 0.6 is 11.8 Å². The number of thioether (sulfide) groups is 1. The lowest BCUT2D eigenvalue weighted by molar-refractivity contribution is 0.172. The maximum absolute atomic E-state index is 9.30. The number of hydrogen-bond acceptors (Lipinski definition) is 2. The molecule has 1 heterocycles. The highest BCUT2D eigenvalue weighted by Crippen LogP contribution is 2.29. The zero-order valence-electron chi connectivity index (χ0n) is 5.84. The third-order valence-electron chi connectivity index (χ3n) is 1.75. The Balaban J connectivity index is 2.22. The molecule has 0 radical (unpaired) electrons. The van der Waals surface area contributed by atoms with Crippen LogP contribution in [0.4, 0.5) is 0 Å². The average Bonchev–Trinajstić information content (AvgIpc) is 2.18. The van der Waals surface area contributed by atoms with Crippen molar-refractivity contribution >= 4 is 11.8 Å². The molecule has 0 unspecified atom stereocenters. The second-order valence-electron chi connectivity index (χ2n) is 2.55. The smallest absolute Gasteiger partial charge is 0.0666 e. The lowest BCUT2D eigenvalue weighted by atomic mass is 10.1. The first-order valence-electron chi connectivity index (χ1n) is 3.64. The lowest BCUT2D eigenvalue weighted by Gasteiger charge is -2.10. The minimum absolute atomic E-state index is 0.00468. The SMILES string of the molecule is CCC[C@@H]1SCC[C@@H]1O. The van der Waals surface area contributed by atoms with Gasteiger partial charge in [0, 0.05) is 5.25 Å². The van der Waals surface area contributed by atoms with Crippen LogP contribution in [0.1, 0.15) is 26.2 Å². The molecule has 0 aromatic heterocycles. The molecule has 0 saturated carbocycles. The molecular weight excluding hydrogens is 132 g/mol. The van der Waals surface area contributed by atoms with Crippen molar-refractivity contribution in [2.24, 2.45) is 0 Å². The monoisotopic (exact) mass is 146 g/mol. The molecule has 2 atom stereocenters. The van der Waals surface area contributed by atoms with E-state index in [4.69, 9.17) is 0 Å². The van der Waals surface area contributed by atoms with Gasteiger partial charge in [0.2, 0.25) is 0 Å². The zero-order chi connectivity index (χ0) is 6.69. The number of hydrogen-bond donors (Lipinski definition) is 1. The molecule has 1 saturated heterocycles. The molecule has 1 aliphatic rings. The number of aliphatic hydroxyl groups is 1. The second kappa shape index (κ2) is 3.47. The molecule has 2 heteroatoms. The van der Waals surface area contributed by atoms with E-state index in [-0.39, 0.29) is 6.10 Å². The highest BCUT2D eigenvalue weighted by molar-refractivity contribution is 8.00. The largest absolute Gasteiger partial charge is 0.392 e. The maximum Gasteiger partial charge on any atom is 0.0666 e. The van der Waals surface area contributed by atoms with Crippen molar-refractivity contribution in [3.8, 4) is 0 Å². The Hall–Kier alpha value is 0.310. The zero-order valence-corrected chi connectivity index (χ0v) is 6.66. The lowest BCUT2D eigenvalue weighted by Crippen LogP contribution is -2.16. The summed E-state index contributed by atoms with van der Waals surface area (Å²) in [6.45, 7) is 2.17. The molecule has 9 heavy (non-hydrogen) atoms. The van der Waals surface area contributed by atoms with Crippen molar-refractivity contribution in [1.82, 2.24) is 0 Å². The Labute approximate surface area is 60.8 Å². The van der Waals surface area contributed by atoms with E-state index in [0.29, 0.717) is 5.25 Å². The normalized spacial score (nSPS) is 35.3. The number of rotatable bonds is 2. The van der Waals surface area contributed by atoms with Gasteiger partial charge in [0.25, 0.3) is 0 Å². The predicted octanol–water partition coefficient (Wildman–Crippen LogP) is 1.65. The van der Waals surface area contributed by atoms with Gasteiger partial charge in [-0.3, -0.25) is 0 Å². The second-order valence-corrected chi connectivity index (χ2v) is 3.90. The predicted molar refractivity (Wildman–Crippen MR) is 41.8 cm³/mol. The van der Waals surface area contributed by atoms with Crippen molar-refractivity contribution in [1.29, 1.82) is 0 Å². The minimum atomic E-state index is -0.00468. The summed E-state index contributed by atoms with van der Waals surface area (Å²) in [5, 5.41) is 9.85. The molecule has 0 aromatic rings. The van der Waals surface area contributed by atoms with Crippen LogP contribution in [-0.2, 0) is 0 Å². The van der Waals surface area contributed by atoms with Gasteiger partial charge in [-0.15, -0.1) is 0 Å². The van der Waals surface area contributed by atoms with Crippen molar-refractivity contribution < 1.29 is 5.11 Å². The van der Waals surface area contributed by atoms with Gasteiger partial charge in [0.1, 0.15) is 0 Å². The quantitative estimate of drug-likeness (QED) is 0.639. The summed E-state index contributed by atoms with van der Waals surface area (Å²) >= 11 is 1.93. The molecule has 1 nitrogen and oxygen atoms in total. The van der Waals surface area contributed by atoms with E-state index in [9.17, 15) is 5.11 Å². The fraction of sp³-hybridized carbons (Fsp3) is 1.00. The van der Waals surface area contributed by atoms with Gasteiger partial charge in [-0.2, -0.15) is 11.8 Å². The third-order valence-corrected chi connectivity index (χ3v) is 3.20. The van der Waals surface area contributed by atoms with E-state index in [1.54, 1.807) is 0 Å². The van der Waals surface area contributed by atoms with Gasteiger partial charge >= 0.3 is 0 Å². The van der Waals surface area contributed by atoms with E-state index in [1.807, 2.05) is 11.8 Å². The average molecular weight is 146 g/mol. The molecule has 1 aliphatic heterocycles. The molecule has 0 aromatic carbocycles. The summed E-state index contributed by atoms with van der Waals surface area (Å²) in [6.07, 6.45) is 3.39. The Bertz CT molecular complexity index is 85.0. The Morgan fingerprint density at radius 1 is 1.67 bits per heavy atom. The molecule has 1 N–H and O–H groups in total. The van der Waals surface area contributed by atoms with Crippen LogP contribution in [0.15, 0.2) is 0 Å². The Morgan fingerprint density at radius 3 is 2.89 bits per heavy atom. The summed E-state index contributed by atoms with van der Waals surface area (Å²) in [6, 6.07) is 0. The topological polar surface area (TPSA) is 20.2 Å². The van der Waals surface area contributed by atoms with Gasteiger partial charge in [0.15, 0.2) is 0 Å². The van der Waals surface area contributed by atoms with E-state index in [2.05, 4.69) is 6.92 Å². The van der Waals surface area contributed by atoms with Crippen molar-refractivity contribution in [2.75, 3.05) is 5.75 Å². The fourth-order valence-electron chi connectivity index (χ4n) is 1.20. The summed E-state index contributed by atoms with van der Waals surface area (Å²) in [5.74, 6) is 1.16. The van der Waals surface area contributed by atoms with Gasteiger partial charge in [-0.05, 0) is 18.6 Å².